The highest BCUT2D eigenvalue weighted by Crippen LogP contribution is 2.16. The van der Waals surface area contributed by atoms with Gasteiger partial charge < -0.3 is 19.9 Å². The minimum atomic E-state index is -0.421. The van der Waals surface area contributed by atoms with E-state index in [0.29, 0.717) is 12.3 Å². The summed E-state index contributed by atoms with van der Waals surface area (Å²) in [7, 11) is 1.32. The van der Waals surface area contributed by atoms with Gasteiger partial charge in [-0.05, 0) is 36.4 Å². The zero-order chi connectivity index (χ0) is 15.1. The Hall–Kier alpha value is -2.76. The fourth-order valence-electron chi connectivity index (χ4n) is 1.58. The maximum absolute atomic E-state index is 11.0. The third-order valence-electron chi connectivity index (χ3n) is 2.72. The van der Waals surface area contributed by atoms with E-state index in [9.17, 15) is 4.79 Å². The average molecular weight is 288 g/mol. The molecule has 0 aliphatic carbocycles. The van der Waals surface area contributed by atoms with Gasteiger partial charge in [-0.3, -0.25) is 4.98 Å². The maximum atomic E-state index is 11.0. The Kier molecular flexibility index (Phi) is 4.98. The summed E-state index contributed by atoms with van der Waals surface area (Å²) in [5.41, 5.74) is 1.72. The number of hydrogen-bond acceptors (Lipinski definition) is 6. The van der Waals surface area contributed by atoms with Crippen molar-refractivity contribution in [3.63, 3.8) is 0 Å². The number of benzene rings is 1. The highest BCUT2D eigenvalue weighted by molar-refractivity contribution is 5.70. The van der Waals surface area contributed by atoms with E-state index in [2.05, 4.69) is 15.0 Å². The van der Waals surface area contributed by atoms with Crippen LogP contribution in [0.3, 0.4) is 0 Å². The normalized spacial score (nSPS) is 9.95. The molecule has 0 spiro atoms. The maximum Gasteiger partial charge on any atom is 0.343 e. The molecule has 2 rings (SSSR count). The number of ether oxygens (including phenoxy) is 2. The van der Waals surface area contributed by atoms with Crippen LogP contribution in [0.5, 0.6) is 11.5 Å². The Morgan fingerprint density at radius 1 is 1.24 bits per heavy atom. The molecule has 6 heteroatoms. The lowest BCUT2D eigenvalue weighted by molar-refractivity contribution is -0.142. The molecule has 0 fully saturated rings. The fourth-order valence-corrected chi connectivity index (χ4v) is 1.58. The number of hydrogen-bond donors (Lipinski definition) is 2. The Morgan fingerprint density at radius 2 is 2.00 bits per heavy atom. The number of aromatic hydroxyl groups is 1. The van der Waals surface area contributed by atoms with Crippen LogP contribution >= 0.6 is 0 Å². The Labute approximate surface area is 122 Å². The van der Waals surface area contributed by atoms with Gasteiger partial charge in [0.2, 0.25) is 0 Å². The highest BCUT2D eigenvalue weighted by Gasteiger charge is 2.02. The number of nitrogens with one attached hydrogen (secondary N) is 1. The first-order valence-corrected chi connectivity index (χ1v) is 6.35. The first-order chi connectivity index (χ1) is 10.2. The smallest absolute Gasteiger partial charge is 0.343 e. The van der Waals surface area contributed by atoms with Gasteiger partial charge in [-0.2, -0.15) is 0 Å². The highest BCUT2D eigenvalue weighted by atomic mass is 16.6. The van der Waals surface area contributed by atoms with Gasteiger partial charge in [0.25, 0.3) is 0 Å². The van der Waals surface area contributed by atoms with Gasteiger partial charge in [0.15, 0.2) is 6.61 Å². The van der Waals surface area contributed by atoms with Crippen LogP contribution in [0.1, 0.15) is 5.69 Å². The quantitative estimate of drug-likeness (QED) is 0.791. The van der Waals surface area contributed by atoms with E-state index < -0.39 is 5.97 Å². The van der Waals surface area contributed by atoms with E-state index >= 15 is 0 Å². The topological polar surface area (TPSA) is 80.7 Å². The Balaban J connectivity index is 1.84. The Morgan fingerprint density at radius 3 is 2.62 bits per heavy atom. The molecule has 1 aromatic heterocycles. The summed E-state index contributed by atoms with van der Waals surface area (Å²) in [6, 6.07) is 10.5. The van der Waals surface area contributed by atoms with Gasteiger partial charge in [-0.25, -0.2) is 4.79 Å². The number of carbonyl (C=O) groups is 1. The number of anilines is 1. The van der Waals surface area contributed by atoms with Crippen molar-refractivity contribution >= 4 is 11.7 Å². The molecule has 2 aromatic rings. The van der Waals surface area contributed by atoms with Crippen molar-refractivity contribution in [2.24, 2.45) is 0 Å². The van der Waals surface area contributed by atoms with Crippen LogP contribution in [-0.2, 0) is 16.1 Å². The first-order valence-electron chi connectivity index (χ1n) is 6.35. The van der Waals surface area contributed by atoms with Crippen molar-refractivity contribution in [3.05, 3.63) is 48.3 Å². The SMILES string of the molecule is COC(=O)COc1ccc(NCc2ccc(O)cn2)cc1. The molecule has 1 heterocycles. The van der Waals surface area contributed by atoms with E-state index in [1.54, 1.807) is 24.3 Å². The van der Waals surface area contributed by atoms with Crippen LogP contribution in [0.4, 0.5) is 5.69 Å². The number of nitrogens with zero attached hydrogens (tertiary/aromatic N) is 1. The van der Waals surface area contributed by atoms with Gasteiger partial charge in [0, 0.05) is 5.69 Å². The number of rotatable bonds is 6. The summed E-state index contributed by atoms with van der Waals surface area (Å²) in [6.07, 6.45) is 1.40. The minimum Gasteiger partial charge on any atom is -0.506 e. The van der Waals surface area contributed by atoms with E-state index in [1.807, 2.05) is 12.1 Å². The molecule has 2 N–H and O–H groups in total. The summed E-state index contributed by atoms with van der Waals surface area (Å²) < 4.78 is 9.74. The number of esters is 1. The van der Waals surface area contributed by atoms with Crippen molar-refractivity contribution in [2.75, 3.05) is 19.0 Å². The van der Waals surface area contributed by atoms with Crippen molar-refractivity contribution < 1.29 is 19.4 Å². The predicted molar refractivity (Wildman–Crippen MR) is 77.2 cm³/mol. The van der Waals surface area contributed by atoms with E-state index in [4.69, 9.17) is 9.84 Å². The molecule has 0 aliphatic rings. The van der Waals surface area contributed by atoms with Gasteiger partial charge in [-0.1, -0.05) is 0 Å². The van der Waals surface area contributed by atoms with Crippen LogP contribution in [-0.4, -0.2) is 29.8 Å². The third-order valence-corrected chi connectivity index (χ3v) is 2.72. The molecule has 110 valence electrons. The van der Waals surface area contributed by atoms with Gasteiger partial charge in [0.05, 0.1) is 25.5 Å². The summed E-state index contributed by atoms with van der Waals surface area (Å²) >= 11 is 0. The van der Waals surface area contributed by atoms with Crippen LogP contribution in [0, 0.1) is 0 Å². The second-order valence-corrected chi connectivity index (χ2v) is 4.25. The van der Waals surface area contributed by atoms with Crippen LogP contribution < -0.4 is 10.1 Å². The molecule has 0 atom stereocenters. The standard InChI is InChI=1S/C15H16N2O4/c1-20-15(19)10-21-14-6-3-11(4-7-14)16-8-12-2-5-13(18)9-17-12/h2-7,9,16,18H,8,10H2,1H3. The van der Waals surface area contributed by atoms with Gasteiger partial charge >= 0.3 is 5.97 Å². The minimum absolute atomic E-state index is 0.110. The average Bonchev–Trinajstić information content (AvgIpc) is 2.53. The summed E-state index contributed by atoms with van der Waals surface area (Å²) in [6.45, 7) is 0.434. The van der Waals surface area contributed by atoms with Gasteiger partial charge in [-0.15, -0.1) is 0 Å². The molecule has 6 nitrogen and oxygen atoms in total. The molecule has 1 aromatic carbocycles. The first kappa shape index (κ1) is 14.6. The van der Waals surface area contributed by atoms with E-state index in [1.165, 1.54) is 13.3 Å². The van der Waals surface area contributed by atoms with E-state index in [-0.39, 0.29) is 12.4 Å². The largest absolute Gasteiger partial charge is 0.506 e. The molecule has 0 bridgehead atoms. The molecule has 0 saturated heterocycles. The molecule has 0 saturated carbocycles. The number of methoxy groups -OCH3 is 1. The number of aromatic nitrogens is 1. The molecule has 0 aliphatic heterocycles. The second-order valence-electron chi connectivity index (χ2n) is 4.25. The monoisotopic (exact) mass is 288 g/mol. The van der Waals surface area contributed by atoms with Crippen molar-refractivity contribution in [1.82, 2.24) is 4.98 Å². The van der Waals surface area contributed by atoms with Crippen LogP contribution in [0.15, 0.2) is 42.6 Å². The molecular weight excluding hydrogens is 272 g/mol. The molecular formula is C15H16N2O4. The van der Waals surface area contributed by atoms with Crippen molar-refractivity contribution in [2.45, 2.75) is 6.54 Å². The molecule has 0 unspecified atom stereocenters. The summed E-state index contributed by atoms with van der Waals surface area (Å²) in [4.78, 5) is 15.0. The molecule has 21 heavy (non-hydrogen) atoms. The van der Waals surface area contributed by atoms with Crippen LogP contribution in [0.25, 0.3) is 0 Å². The summed E-state index contributed by atoms with van der Waals surface area (Å²) in [5.74, 6) is 0.315. The predicted octanol–water partition coefficient (Wildman–Crippen LogP) is 1.95. The lowest BCUT2D eigenvalue weighted by atomic mass is 10.3. The number of carbonyl (C=O) groups excluding carboxylic acids is 1. The van der Waals surface area contributed by atoms with Crippen molar-refractivity contribution in [1.29, 1.82) is 0 Å². The Bertz CT molecular complexity index is 582. The second kappa shape index (κ2) is 7.14. The lowest BCUT2D eigenvalue weighted by Gasteiger charge is -2.08. The fraction of sp³-hybridized carbons (Fsp3) is 0.200. The number of pyridine rings is 1. The third kappa shape index (κ3) is 4.68. The van der Waals surface area contributed by atoms with E-state index in [0.717, 1.165) is 11.4 Å². The molecule has 0 radical (unpaired) electrons. The zero-order valence-electron chi connectivity index (χ0n) is 11.6. The molecule has 0 amide bonds. The zero-order valence-corrected chi connectivity index (χ0v) is 11.6. The van der Waals surface area contributed by atoms with Crippen LogP contribution in [0.2, 0.25) is 0 Å². The summed E-state index contributed by atoms with van der Waals surface area (Å²) in [5, 5.41) is 12.3. The lowest BCUT2D eigenvalue weighted by Crippen LogP contribution is -2.12. The van der Waals surface area contributed by atoms with Crippen molar-refractivity contribution in [3.8, 4) is 11.5 Å². The van der Waals surface area contributed by atoms with Gasteiger partial charge in [0.1, 0.15) is 11.5 Å².